The summed E-state index contributed by atoms with van der Waals surface area (Å²) in [5.74, 6) is 1.67. The van der Waals surface area contributed by atoms with Crippen LogP contribution in [0.25, 0.3) is 0 Å². The molecule has 3 aromatic carbocycles. The fourth-order valence-electron chi connectivity index (χ4n) is 2.98. The van der Waals surface area contributed by atoms with Crippen molar-refractivity contribution in [1.29, 1.82) is 0 Å². The maximum Gasteiger partial charge on any atom is 0.177 e. The Kier molecular flexibility index (Phi) is 3.90. The number of nitrogens with zero attached hydrogens (tertiary/aromatic N) is 2. The summed E-state index contributed by atoms with van der Waals surface area (Å²) in [6.07, 6.45) is 0. The zero-order chi connectivity index (χ0) is 17.1. The second-order valence-corrected chi connectivity index (χ2v) is 6.16. The summed E-state index contributed by atoms with van der Waals surface area (Å²) in [5.41, 5.74) is 2.50. The van der Waals surface area contributed by atoms with Crippen molar-refractivity contribution in [2.24, 2.45) is 9.98 Å². The highest BCUT2D eigenvalue weighted by atomic mass is 15.2. The number of amidine groups is 2. The van der Waals surface area contributed by atoms with Crippen LogP contribution in [0.2, 0.25) is 0 Å². The average Bonchev–Trinajstić information content (AvgIpc) is 2.70. The van der Waals surface area contributed by atoms with Gasteiger partial charge in [0.25, 0.3) is 0 Å². The number of hydrogen-bond acceptors (Lipinski definition) is 3. The lowest BCUT2D eigenvalue weighted by Gasteiger charge is -2.29. The van der Waals surface area contributed by atoms with Gasteiger partial charge in [-0.15, -0.1) is 0 Å². The Morgan fingerprint density at radius 2 is 1.00 bits per heavy atom. The maximum absolute atomic E-state index is 4.95. The predicted octanol–water partition coefficient (Wildman–Crippen LogP) is 4.36. The minimum absolute atomic E-state index is 0.664. The molecule has 1 aliphatic heterocycles. The third-order valence-electron chi connectivity index (χ3n) is 4.31. The molecule has 122 valence electrons. The molecule has 0 atom stereocenters. The molecule has 3 aromatic rings. The largest absolute Gasteiger partial charge is 0.324 e. The van der Waals surface area contributed by atoms with E-state index in [4.69, 9.17) is 9.98 Å². The molecular formula is C22H19N3. The van der Waals surface area contributed by atoms with Crippen LogP contribution < -0.4 is 5.32 Å². The van der Waals surface area contributed by atoms with Gasteiger partial charge in [0.05, 0.1) is 0 Å². The van der Waals surface area contributed by atoms with Crippen molar-refractivity contribution in [3.8, 4) is 0 Å². The monoisotopic (exact) mass is 325 g/mol. The van der Waals surface area contributed by atoms with E-state index in [0.29, 0.717) is 0 Å². The van der Waals surface area contributed by atoms with Gasteiger partial charge in [-0.2, -0.15) is 0 Å². The Morgan fingerprint density at radius 1 is 0.600 bits per heavy atom. The van der Waals surface area contributed by atoms with Gasteiger partial charge in [0, 0.05) is 16.7 Å². The highest BCUT2D eigenvalue weighted by Gasteiger charge is 2.30. The summed E-state index contributed by atoms with van der Waals surface area (Å²) in [6, 6.07) is 30.6. The predicted molar refractivity (Wildman–Crippen MR) is 103 cm³/mol. The summed E-state index contributed by atoms with van der Waals surface area (Å²) in [5, 5.41) is 3.41. The van der Waals surface area contributed by atoms with Crippen molar-refractivity contribution in [2.75, 3.05) is 0 Å². The summed E-state index contributed by atoms with van der Waals surface area (Å²) < 4.78 is 0. The van der Waals surface area contributed by atoms with Crippen molar-refractivity contribution >= 4 is 11.7 Å². The lowest BCUT2D eigenvalue weighted by molar-refractivity contribution is 0.518. The Morgan fingerprint density at radius 3 is 1.44 bits per heavy atom. The molecule has 0 spiro atoms. The van der Waals surface area contributed by atoms with E-state index >= 15 is 0 Å². The van der Waals surface area contributed by atoms with Crippen LogP contribution in [0.1, 0.15) is 23.6 Å². The molecule has 1 N–H and O–H groups in total. The van der Waals surface area contributed by atoms with Gasteiger partial charge in [-0.05, 0) is 6.92 Å². The molecule has 0 aliphatic carbocycles. The molecule has 25 heavy (non-hydrogen) atoms. The smallest absolute Gasteiger partial charge is 0.177 e. The van der Waals surface area contributed by atoms with Crippen LogP contribution in [0.5, 0.6) is 0 Å². The van der Waals surface area contributed by atoms with Gasteiger partial charge < -0.3 is 5.32 Å². The van der Waals surface area contributed by atoms with E-state index in [1.807, 2.05) is 54.6 Å². The van der Waals surface area contributed by atoms with Crippen molar-refractivity contribution in [1.82, 2.24) is 5.32 Å². The highest BCUT2D eigenvalue weighted by molar-refractivity contribution is 6.16. The van der Waals surface area contributed by atoms with Crippen LogP contribution in [0.3, 0.4) is 0 Å². The van der Waals surface area contributed by atoms with E-state index in [9.17, 15) is 0 Å². The second-order valence-electron chi connectivity index (χ2n) is 6.16. The van der Waals surface area contributed by atoms with Gasteiger partial charge >= 0.3 is 0 Å². The molecule has 0 bridgehead atoms. The topological polar surface area (TPSA) is 36.8 Å². The first-order valence-corrected chi connectivity index (χ1v) is 8.38. The summed E-state index contributed by atoms with van der Waals surface area (Å²) in [7, 11) is 0. The Balaban J connectivity index is 1.85. The number of aliphatic imine (C=N–C) groups is 2. The minimum atomic E-state index is -0.664. The van der Waals surface area contributed by atoms with E-state index in [2.05, 4.69) is 48.6 Å². The van der Waals surface area contributed by atoms with Gasteiger partial charge in [-0.1, -0.05) is 91.0 Å². The zero-order valence-corrected chi connectivity index (χ0v) is 14.1. The molecule has 0 aromatic heterocycles. The minimum Gasteiger partial charge on any atom is -0.324 e. The van der Waals surface area contributed by atoms with Gasteiger partial charge in [0.1, 0.15) is 11.7 Å². The van der Waals surface area contributed by atoms with Crippen molar-refractivity contribution in [3.05, 3.63) is 108 Å². The lowest BCUT2D eigenvalue weighted by atomic mass is 10.0. The average molecular weight is 325 g/mol. The molecule has 4 rings (SSSR count). The molecule has 0 fully saturated rings. The highest BCUT2D eigenvalue weighted by Crippen LogP contribution is 2.30. The third-order valence-corrected chi connectivity index (χ3v) is 4.31. The molecule has 1 heterocycles. The quantitative estimate of drug-likeness (QED) is 0.763. The van der Waals surface area contributed by atoms with E-state index < -0.39 is 5.66 Å². The normalized spacial score (nSPS) is 15.7. The van der Waals surface area contributed by atoms with Crippen LogP contribution in [0.4, 0.5) is 0 Å². The van der Waals surface area contributed by atoms with Crippen LogP contribution >= 0.6 is 0 Å². The van der Waals surface area contributed by atoms with Crippen LogP contribution in [-0.2, 0) is 5.66 Å². The number of hydrogen-bond donors (Lipinski definition) is 1. The van der Waals surface area contributed by atoms with E-state index in [0.717, 1.165) is 28.4 Å². The fraction of sp³-hybridized carbons (Fsp3) is 0.0909. The zero-order valence-electron chi connectivity index (χ0n) is 14.1. The van der Waals surface area contributed by atoms with Gasteiger partial charge in [0.2, 0.25) is 0 Å². The van der Waals surface area contributed by atoms with Crippen molar-refractivity contribution < 1.29 is 0 Å². The first kappa shape index (κ1) is 15.3. The standard InChI is InChI=1S/C22H19N3/c1-22(19-15-9-4-10-16-19)24-20(17-11-5-2-6-12-17)23-21(25-22)18-13-7-3-8-14-18/h2-16H,1H3,(H,23,24,25). The van der Waals surface area contributed by atoms with Gasteiger partial charge in [0.15, 0.2) is 5.66 Å². The Labute approximate surface area is 147 Å². The molecule has 0 unspecified atom stereocenters. The van der Waals surface area contributed by atoms with Crippen LogP contribution in [0, 0.1) is 0 Å². The molecule has 0 saturated carbocycles. The van der Waals surface area contributed by atoms with E-state index in [1.165, 1.54) is 0 Å². The lowest BCUT2D eigenvalue weighted by Crippen LogP contribution is -2.40. The molecular weight excluding hydrogens is 306 g/mol. The Hall–Kier alpha value is -3.20. The maximum atomic E-state index is 4.95. The summed E-state index contributed by atoms with van der Waals surface area (Å²) in [4.78, 5) is 9.90. The number of rotatable bonds is 3. The van der Waals surface area contributed by atoms with E-state index in [1.54, 1.807) is 0 Å². The van der Waals surface area contributed by atoms with Crippen LogP contribution in [0.15, 0.2) is 101 Å². The van der Waals surface area contributed by atoms with Crippen LogP contribution in [-0.4, -0.2) is 11.7 Å². The van der Waals surface area contributed by atoms with Gasteiger partial charge in [-0.3, -0.25) is 0 Å². The van der Waals surface area contributed by atoms with E-state index in [-0.39, 0.29) is 0 Å². The van der Waals surface area contributed by atoms with Crippen molar-refractivity contribution in [2.45, 2.75) is 12.6 Å². The molecule has 3 heteroatoms. The number of benzene rings is 3. The summed E-state index contributed by atoms with van der Waals surface area (Å²) >= 11 is 0. The molecule has 1 aliphatic rings. The fourth-order valence-corrected chi connectivity index (χ4v) is 2.98. The number of nitrogens with one attached hydrogen (secondary N) is 1. The molecule has 3 nitrogen and oxygen atoms in total. The first-order valence-electron chi connectivity index (χ1n) is 8.38. The van der Waals surface area contributed by atoms with Gasteiger partial charge in [-0.25, -0.2) is 9.98 Å². The Bertz CT molecular complexity index is 858. The molecule has 0 radical (unpaired) electrons. The third kappa shape index (κ3) is 3.09. The van der Waals surface area contributed by atoms with Crippen molar-refractivity contribution in [3.63, 3.8) is 0 Å². The molecule has 0 saturated heterocycles. The SMILES string of the molecule is CC1(c2ccccc2)N=C(c2ccccc2)NC(c2ccccc2)=N1. The summed E-state index contributed by atoms with van der Waals surface area (Å²) in [6.45, 7) is 2.05. The second kappa shape index (κ2) is 6.36. The first-order chi connectivity index (χ1) is 12.2. The molecule has 0 amide bonds.